The van der Waals surface area contributed by atoms with Crippen molar-refractivity contribution >= 4 is 33.8 Å². The average molecular weight is 337 g/mol. The quantitative estimate of drug-likeness (QED) is 0.741. The van der Waals surface area contributed by atoms with Crippen molar-refractivity contribution < 1.29 is 0 Å². The number of hydrogen-bond donors (Lipinski definition) is 0. The highest BCUT2D eigenvalue weighted by Crippen LogP contribution is 2.44. The molecule has 0 fully saturated rings. The molecule has 1 aliphatic heterocycles. The van der Waals surface area contributed by atoms with E-state index in [4.69, 9.17) is 0 Å². The second-order valence-electron chi connectivity index (χ2n) is 5.24. The van der Waals surface area contributed by atoms with E-state index in [9.17, 15) is 0 Å². The molecule has 21 heavy (non-hydrogen) atoms. The second kappa shape index (κ2) is 5.08. The molecule has 2 nitrogen and oxygen atoms in total. The maximum Gasteiger partial charge on any atom is 0.103 e. The number of allylic oxidation sites excluding steroid dienone is 1. The van der Waals surface area contributed by atoms with E-state index in [0.29, 0.717) is 0 Å². The molecule has 0 N–H and O–H groups in total. The molecule has 1 aromatic heterocycles. The lowest BCUT2D eigenvalue weighted by atomic mass is 9.78. The van der Waals surface area contributed by atoms with E-state index in [0.717, 1.165) is 10.2 Å². The predicted octanol–water partition coefficient (Wildman–Crippen LogP) is 4.70. The number of hydrogen-bond acceptors (Lipinski definition) is 2. The van der Waals surface area contributed by atoms with Crippen LogP contribution in [-0.2, 0) is 0 Å². The third kappa shape index (κ3) is 2.18. The molecule has 0 spiro atoms. The maximum atomic E-state index is 4.66. The number of benzene rings is 1. The summed E-state index contributed by atoms with van der Waals surface area (Å²) in [6, 6.07) is 12.7. The van der Waals surface area contributed by atoms with Gasteiger partial charge in [-0.15, -0.1) is 0 Å². The third-order valence-electron chi connectivity index (χ3n) is 3.99. The van der Waals surface area contributed by atoms with Gasteiger partial charge in [0.25, 0.3) is 0 Å². The molecule has 2 aliphatic rings. The van der Waals surface area contributed by atoms with Crippen molar-refractivity contribution in [2.24, 2.45) is 10.9 Å². The molecular weight excluding hydrogens is 324 g/mol. The maximum absolute atomic E-state index is 4.66. The molecule has 102 valence electrons. The minimum atomic E-state index is 0.0925. The number of aromatic nitrogens is 1. The van der Waals surface area contributed by atoms with Crippen LogP contribution < -0.4 is 0 Å². The molecule has 2 unspecified atom stereocenters. The largest absolute Gasteiger partial charge is 0.282 e. The lowest BCUT2D eigenvalue weighted by Crippen LogP contribution is -2.19. The third-order valence-corrected chi connectivity index (χ3v) is 4.52. The van der Waals surface area contributed by atoms with Crippen molar-refractivity contribution in [3.63, 3.8) is 0 Å². The van der Waals surface area contributed by atoms with Crippen LogP contribution in [0.4, 0.5) is 0 Å². The lowest BCUT2D eigenvalue weighted by molar-refractivity contribution is 0.607. The normalized spacial score (nSPS) is 22.4. The standard InChI is InChI=1S/C18H13BrN2/c19-14-7-5-12(6-8-14)16-11-13-3-1-9-20-17(13)18-15(16)4-2-10-21-18/h1-11,15,18H. The second-order valence-corrected chi connectivity index (χ2v) is 6.15. The van der Waals surface area contributed by atoms with Crippen molar-refractivity contribution in [2.45, 2.75) is 6.04 Å². The number of pyridine rings is 1. The van der Waals surface area contributed by atoms with Crippen LogP contribution in [-0.4, -0.2) is 11.2 Å². The van der Waals surface area contributed by atoms with Crippen LogP contribution in [0.3, 0.4) is 0 Å². The fraction of sp³-hybridized carbons (Fsp3) is 0.111. The Morgan fingerprint density at radius 1 is 1.05 bits per heavy atom. The van der Waals surface area contributed by atoms with Crippen molar-refractivity contribution in [3.05, 3.63) is 76.0 Å². The van der Waals surface area contributed by atoms with Gasteiger partial charge in [-0.2, -0.15) is 0 Å². The first-order valence-electron chi connectivity index (χ1n) is 6.95. The summed E-state index contributed by atoms with van der Waals surface area (Å²) in [5, 5.41) is 0. The number of rotatable bonds is 1. The van der Waals surface area contributed by atoms with Gasteiger partial charge in [-0.05, 0) is 47.1 Å². The van der Waals surface area contributed by atoms with Crippen LogP contribution in [0.25, 0.3) is 11.6 Å². The van der Waals surface area contributed by atoms with Crippen LogP contribution in [0, 0.1) is 5.92 Å². The Balaban J connectivity index is 1.90. The van der Waals surface area contributed by atoms with Crippen molar-refractivity contribution in [3.8, 4) is 0 Å². The van der Waals surface area contributed by atoms with Gasteiger partial charge < -0.3 is 0 Å². The fourth-order valence-electron chi connectivity index (χ4n) is 3.01. The van der Waals surface area contributed by atoms with Gasteiger partial charge in [-0.25, -0.2) is 0 Å². The smallest absolute Gasteiger partial charge is 0.103 e. The van der Waals surface area contributed by atoms with Crippen LogP contribution in [0.2, 0.25) is 0 Å². The molecule has 1 aliphatic carbocycles. The fourth-order valence-corrected chi connectivity index (χ4v) is 3.27. The summed E-state index contributed by atoms with van der Waals surface area (Å²) in [6.45, 7) is 0. The zero-order chi connectivity index (χ0) is 14.2. The number of halogens is 1. The molecule has 2 atom stereocenters. The molecule has 0 bridgehead atoms. The summed E-state index contributed by atoms with van der Waals surface area (Å²) >= 11 is 3.50. The Morgan fingerprint density at radius 2 is 1.90 bits per heavy atom. The molecule has 4 rings (SSSR count). The van der Waals surface area contributed by atoms with Gasteiger partial charge in [0, 0.05) is 22.8 Å². The predicted molar refractivity (Wildman–Crippen MR) is 90.1 cm³/mol. The van der Waals surface area contributed by atoms with E-state index in [2.05, 4.69) is 68.4 Å². The minimum absolute atomic E-state index is 0.0925. The summed E-state index contributed by atoms with van der Waals surface area (Å²) in [5.41, 5.74) is 4.79. The Bertz CT molecular complexity index is 772. The molecule has 2 heterocycles. The zero-order valence-electron chi connectivity index (χ0n) is 11.3. The van der Waals surface area contributed by atoms with Crippen molar-refractivity contribution in [1.82, 2.24) is 4.98 Å². The highest BCUT2D eigenvalue weighted by Gasteiger charge is 2.32. The number of dihydropyridines is 1. The molecule has 0 saturated heterocycles. The van der Waals surface area contributed by atoms with Crippen molar-refractivity contribution in [1.29, 1.82) is 0 Å². The molecule has 0 amide bonds. The van der Waals surface area contributed by atoms with Gasteiger partial charge in [0.2, 0.25) is 0 Å². The van der Waals surface area contributed by atoms with E-state index >= 15 is 0 Å². The van der Waals surface area contributed by atoms with E-state index < -0.39 is 0 Å². The minimum Gasteiger partial charge on any atom is -0.282 e. The summed E-state index contributed by atoms with van der Waals surface area (Å²) < 4.78 is 1.10. The first kappa shape index (κ1) is 12.7. The first-order valence-corrected chi connectivity index (χ1v) is 7.74. The van der Waals surface area contributed by atoms with Gasteiger partial charge in [0.1, 0.15) is 6.04 Å². The van der Waals surface area contributed by atoms with E-state index in [1.54, 1.807) is 0 Å². The van der Waals surface area contributed by atoms with Crippen LogP contribution in [0.5, 0.6) is 0 Å². The summed E-state index contributed by atoms with van der Waals surface area (Å²) in [5.74, 6) is 0.263. The van der Waals surface area contributed by atoms with E-state index in [1.165, 1.54) is 16.7 Å². The number of nitrogens with zero attached hydrogens (tertiary/aromatic N) is 2. The highest BCUT2D eigenvalue weighted by molar-refractivity contribution is 9.10. The monoisotopic (exact) mass is 336 g/mol. The zero-order valence-corrected chi connectivity index (χ0v) is 12.9. The SMILES string of the molecule is Brc1ccc(C2=Cc3cccnc3C3N=CC=CC23)cc1. The Labute approximate surface area is 132 Å². The molecule has 0 saturated carbocycles. The lowest BCUT2D eigenvalue weighted by Gasteiger charge is -2.30. The van der Waals surface area contributed by atoms with Gasteiger partial charge in [-0.3, -0.25) is 9.98 Å². The summed E-state index contributed by atoms with van der Waals surface area (Å²) in [6.07, 6.45) is 10.2. The molecule has 3 heteroatoms. The molecule has 2 aromatic rings. The van der Waals surface area contributed by atoms with E-state index in [1.807, 2.05) is 24.6 Å². The van der Waals surface area contributed by atoms with Crippen LogP contribution in [0.1, 0.15) is 22.9 Å². The topological polar surface area (TPSA) is 25.2 Å². The Morgan fingerprint density at radius 3 is 2.76 bits per heavy atom. The average Bonchev–Trinajstić information content (AvgIpc) is 2.55. The van der Waals surface area contributed by atoms with Crippen LogP contribution >= 0.6 is 15.9 Å². The van der Waals surface area contributed by atoms with Gasteiger partial charge in [-0.1, -0.05) is 40.2 Å². The Kier molecular flexibility index (Phi) is 3.08. The van der Waals surface area contributed by atoms with Crippen LogP contribution in [0.15, 0.2) is 64.2 Å². The number of aliphatic imine (C=N–C) groups is 1. The van der Waals surface area contributed by atoms with Crippen molar-refractivity contribution in [2.75, 3.05) is 0 Å². The highest BCUT2D eigenvalue weighted by atomic mass is 79.9. The molecule has 0 radical (unpaired) electrons. The number of fused-ring (bicyclic) bond motifs is 3. The van der Waals surface area contributed by atoms with Gasteiger partial charge in [0.05, 0.1) is 5.69 Å². The van der Waals surface area contributed by atoms with Gasteiger partial charge >= 0.3 is 0 Å². The summed E-state index contributed by atoms with van der Waals surface area (Å²) in [4.78, 5) is 9.21. The summed E-state index contributed by atoms with van der Waals surface area (Å²) in [7, 11) is 0. The molecular formula is C18H13BrN2. The van der Waals surface area contributed by atoms with Gasteiger partial charge in [0.15, 0.2) is 0 Å². The van der Waals surface area contributed by atoms with E-state index in [-0.39, 0.29) is 12.0 Å². The molecule has 1 aromatic carbocycles. The Hall–Kier alpha value is -2.00. The first-order chi connectivity index (χ1) is 10.3.